The molecular formula is C19H18N2O4S3. The van der Waals surface area contributed by atoms with Gasteiger partial charge in [0.2, 0.25) is 0 Å². The fraction of sp³-hybridized carbons (Fsp3) is 0.263. The molecule has 0 aliphatic carbocycles. The SMILES string of the molecule is COc1ccc2nc(/C=C3\SC(=S)N([C@@H](CCSC)C(=O)O)C3=O)ccc2c1. The van der Waals surface area contributed by atoms with Crippen molar-refractivity contribution in [1.29, 1.82) is 0 Å². The molecule has 0 unspecified atom stereocenters. The van der Waals surface area contributed by atoms with Crippen LogP contribution in [0.1, 0.15) is 12.1 Å². The summed E-state index contributed by atoms with van der Waals surface area (Å²) in [4.78, 5) is 30.6. The number of carboxylic acids is 1. The first-order valence-electron chi connectivity index (χ1n) is 8.38. The fourth-order valence-electron chi connectivity index (χ4n) is 2.80. The number of aliphatic carboxylic acids is 1. The first-order chi connectivity index (χ1) is 13.4. The van der Waals surface area contributed by atoms with Crippen LogP contribution in [0.25, 0.3) is 17.0 Å². The Labute approximate surface area is 176 Å². The summed E-state index contributed by atoms with van der Waals surface area (Å²) in [5.74, 6) is -0.0691. The largest absolute Gasteiger partial charge is 0.497 e. The molecule has 0 radical (unpaired) electrons. The average molecular weight is 435 g/mol. The van der Waals surface area contributed by atoms with Crippen molar-refractivity contribution < 1.29 is 19.4 Å². The fourth-order valence-corrected chi connectivity index (χ4v) is 4.60. The van der Waals surface area contributed by atoms with E-state index in [0.29, 0.717) is 22.8 Å². The Bertz CT molecular complexity index is 977. The van der Waals surface area contributed by atoms with Crippen LogP contribution in [0.15, 0.2) is 35.2 Å². The highest BCUT2D eigenvalue weighted by atomic mass is 32.2. The number of fused-ring (bicyclic) bond motifs is 1. The van der Waals surface area contributed by atoms with Gasteiger partial charge in [-0.3, -0.25) is 9.69 Å². The van der Waals surface area contributed by atoms with Gasteiger partial charge >= 0.3 is 5.97 Å². The minimum Gasteiger partial charge on any atom is -0.497 e. The van der Waals surface area contributed by atoms with Crippen molar-refractivity contribution in [2.45, 2.75) is 12.5 Å². The van der Waals surface area contributed by atoms with Crippen molar-refractivity contribution in [3.8, 4) is 5.75 Å². The van der Waals surface area contributed by atoms with Gasteiger partial charge in [-0.1, -0.05) is 30.0 Å². The third-order valence-corrected chi connectivity index (χ3v) is 6.19. The Morgan fingerprint density at radius 3 is 2.89 bits per heavy atom. The minimum absolute atomic E-state index is 0.260. The van der Waals surface area contributed by atoms with E-state index in [1.807, 2.05) is 30.5 Å². The van der Waals surface area contributed by atoms with Crippen LogP contribution in [0, 0.1) is 0 Å². The number of benzene rings is 1. The Morgan fingerprint density at radius 1 is 1.43 bits per heavy atom. The second kappa shape index (κ2) is 8.93. The number of carbonyl (C=O) groups is 2. The number of aromatic nitrogens is 1. The van der Waals surface area contributed by atoms with E-state index in [4.69, 9.17) is 17.0 Å². The quantitative estimate of drug-likeness (QED) is 0.523. The molecule has 146 valence electrons. The third-order valence-electron chi connectivity index (χ3n) is 4.21. The van der Waals surface area contributed by atoms with Crippen LogP contribution in [0.2, 0.25) is 0 Å². The number of methoxy groups -OCH3 is 1. The molecule has 0 saturated carbocycles. The van der Waals surface area contributed by atoms with E-state index in [-0.39, 0.29) is 10.2 Å². The van der Waals surface area contributed by atoms with Gasteiger partial charge in [0.1, 0.15) is 16.1 Å². The highest BCUT2D eigenvalue weighted by Gasteiger charge is 2.40. The summed E-state index contributed by atoms with van der Waals surface area (Å²) in [6, 6.07) is 8.30. The molecular weight excluding hydrogens is 416 g/mol. The maximum Gasteiger partial charge on any atom is 0.326 e. The highest BCUT2D eigenvalue weighted by Crippen LogP contribution is 2.35. The van der Waals surface area contributed by atoms with E-state index in [2.05, 4.69) is 4.98 Å². The van der Waals surface area contributed by atoms with Crippen LogP contribution in [0.4, 0.5) is 0 Å². The van der Waals surface area contributed by atoms with E-state index < -0.39 is 12.0 Å². The van der Waals surface area contributed by atoms with E-state index in [1.165, 1.54) is 16.7 Å². The lowest BCUT2D eigenvalue weighted by molar-refractivity contribution is -0.145. The molecule has 2 heterocycles. The molecule has 1 aliphatic rings. The maximum atomic E-state index is 12.8. The molecule has 1 fully saturated rings. The summed E-state index contributed by atoms with van der Waals surface area (Å²) in [6.07, 6.45) is 3.88. The van der Waals surface area contributed by atoms with Gasteiger partial charge < -0.3 is 9.84 Å². The number of nitrogens with zero attached hydrogens (tertiary/aromatic N) is 2. The summed E-state index contributed by atoms with van der Waals surface area (Å²) in [6.45, 7) is 0. The summed E-state index contributed by atoms with van der Waals surface area (Å²) in [5.41, 5.74) is 1.38. The monoisotopic (exact) mass is 434 g/mol. The average Bonchev–Trinajstić information content (AvgIpc) is 2.95. The first kappa shape index (κ1) is 20.6. The van der Waals surface area contributed by atoms with Gasteiger partial charge in [-0.05, 0) is 48.8 Å². The van der Waals surface area contributed by atoms with Crippen molar-refractivity contribution in [3.05, 3.63) is 40.9 Å². The van der Waals surface area contributed by atoms with Crippen molar-refractivity contribution in [2.75, 3.05) is 19.1 Å². The molecule has 1 amide bonds. The van der Waals surface area contributed by atoms with Gasteiger partial charge in [-0.15, -0.1) is 0 Å². The molecule has 9 heteroatoms. The number of hydrogen-bond donors (Lipinski definition) is 1. The zero-order chi connectivity index (χ0) is 20.3. The van der Waals surface area contributed by atoms with Gasteiger partial charge in [0.05, 0.1) is 23.2 Å². The molecule has 1 saturated heterocycles. The summed E-state index contributed by atoms with van der Waals surface area (Å²) in [7, 11) is 1.61. The lowest BCUT2D eigenvalue weighted by Crippen LogP contribution is -2.44. The van der Waals surface area contributed by atoms with Gasteiger partial charge in [-0.2, -0.15) is 11.8 Å². The second-order valence-electron chi connectivity index (χ2n) is 5.98. The summed E-state index contributed by atoms with van der Waals surface area (Å²) in [5, 5.41) is 10.4. The zero-order valence-electron chi connectivity index (χ0n) is 15.2. The van der Waals surface area contributed by atoms with E-state index in [1.54, 1.807) is 19.3 Å². The highest BCUT2D eigenvalue weighted by molar-refractivity contribution is 8.26. The predicted molar refractivity (Wildman–Crippen MR) is 118 cm³/mol. The number of rotatable bonds is 7. The zero-order valence-corrected chi connectivity index (χ0v) is 17.7. The molecule has 1 N–H and O–H groups in total. The number of hydrogen-bond acceptors (Lipinski definition) is 7. The predicted octanol–water partition coefficient (Wildman–Crippen LogP) is 3.65. The molecule has 1 aliphatic heterocycles. The lowest BCUT2D eigenvalue weighted by atomic mass is 10.1. The lowest BCUT2D eigenvalue weighted by Gasteiger charge is -2.22. The molecule has 1 aromatic heterocycles. The second-order valence-corrected chi connectivity index (χ2v) is 8.64. The Kier molecular flexibility index (Phi) is 6.58. The van der Waals surface area contributed by atoms with E-state index in [9.17, 15) is 14.7 Å². The van der Waals surface area contributed by atoms with Crippen molar-refractivity contribution in [3.63, 3.8) is 0 Å². The molecule has 1 atom stereocenters. The Morgan fingerprint density at radius 2 is 2.21 bits per heavy atom. The Balaban J connectivity index is 1.88. The van der Waals surface area contributed by atoms with Gasteiger partial charge in [-0.25, -0.2) is 9.78 Å². The topological polar surface area (TPSA) is 79.7 Å². The van der Waals surface area contributed by atoms with Crippen molar-refractivity contribution >= 4 is 68.9 Å². The summed E-state index contributed by atoms with van der Waals surface area (Å²) < 4.78 is 5.47. The normalized spacial score (nSPS) is 16.8. The van der Waals surface area contributed by atoms with Crippen LogP contribution in [0.3, 0.4) is 0 Å². The Hall–Kier alpha value is -2.10. The van der Waals surface area contributed by atoms with Crippen LogP contribution in [-0.4, -0.2) is 56.3 Å². The number of amides is 1. The standard InChI is InChI=1S/C19H18N2O4S3/c1-25-13-5-6-14-11(9-13)3-4-12(20-14)10-16-17(22)21(19(26)28-16)15(18(23)24)7-8-27-2/h3-6,9-10,15H,7-8H2,1-2H3,(H,23,24)/b16-10-/t15-/m0/s1. The van der Waals surface area contributed by atoms with Crippen molar-refractivity contribution in [2.24, 2.45) is 0 Å². The van der Waals surface area contributed by atoms with Gasteiger partial charge in [0.15, 0.2) is 0 Å². The summed E-state index contributed by atoms with van der Waals surface area (Å²) >= 11 is 7.92. The number of thioether (sulfide) groups is 2. The minimum atomic E-state index is -1.05. The number of carbonyl (C=O) groups excluding carboxylic acids is 1. The van der Waals surface area contributed by atoms with Crippen LogP contribution >= 0.6 is 35.7 Å². The van der Waals surface area contributed by atoms with Gasteiger partial charge in [0, 0.05) is 5.39 Å². The molecule has 2 aromatic rings. The van der Waals surface area contributed by atoms with Crippen LogP contribution in [0.5, 0.6) is 5.75 Å². The molecule has 0 bridgehead atoms. The van der Waals surface area contributed by atoms with Crippen molar-refractivity contribution in [1.82, 2.24) is 9.88 Å². The molecule has 3 rings (SSSR count). The third kappa shape index (κ3) is 4.31. The smallest absolute Gasteiger partial charge is 0.326 e. The molecule has 28 heavy (non-hydrogen) atoms. The van der Waals surface area contributed by atoms with Gasteiger partial charge in [0.25, 0.3) is 5.91 Å². The van der Waals surface area contributed by atoms with E-state index >= 15 is 0 Å². The van der Waals surface area contributed by atoms with Crippen LogP contribution in [-0.2, 0) is 9.59 Å². The first-order valence-corrected chi connectivity index (χ1v) is 11.0. The molecule has 6 nitrogen and oxygen atoms in total. The number of pyridine rings is 1. The van der Waals surface area contributed by atoms with Crippen LogP contribution < -0.4 is 4.74 Å². The number of carboxylic acid groups (broad SMARTS) is 1. The number of ether oxygens (including phenoxy) is 1. The number of thiocarbonyl (C=S) groups is 1. The molecule has 1 aromatic carbocycles. The molecule has 0 spiro atoms. The maximum absolute atomic E-state index is 12.8. The van der Waals surface area contributed by atoms with E-state index in [0.717, 1.165) is 28.4 Å².